The van der Waals surface area contributed by atoms with Crippen LogP contribution >= 0.6 is 0 Å². The van der Waals surface area contributed by atoms with Crippen molar-refractivity contribution in [2.45, 2.75) is 116 Å². The van der Waals surface area contributed by atoms with Gasteiger partial charge in [-0.05, 0) is 112 Å². The van der Waals surface area contributed by atoms with Crippen LogP contribution in [0.4, 0.5) is 10.1 Å². The molecule has 0 aliphatic heterocycles. The molecule has 0 bridgehead atoms. The quantitative estimate of drug-likeness (QED) is 0.108. The number of fused-ring (bicyclic) bond motifs is 1. The van der Waals surface area contributed by atoms with Gasteiger partial charge in [-0.3, -0.25) is 14.4 Å². The van der Waals surface area contributed by atoms with Crippen molar-refractivity contribution in [1.82, 2.24) is 19.7 Å². The lowest BCUT2D eigenvalue weighted by Crippen LogP contribution is -2.51. The lowest BCUT2D eigenvalue weighted by atomic mass is 9.77. The average Bonchev–Trinajstić information content (AvgIpc) is 3.79. The van der Waals surface area contributed by atoms with Gasteiger partial charge in [0.2, 0.25) is 5.91 Å². The lowest BCUT2D eigenvalue weighted by Gasteiger charge is -2.33. The number of nitrogens with zero attached hydrogens (tertiary/aromatic N) is 3. The summed E-state index contributed by atoms with van der Waals surface area (Å²) in [5.41, 5.74) is 6.32. The lowest BCUT2D eigenvalue weighted by molar-refractivity contribution is -0.131. The summed E-state index contributed by atoms with van der Waals surface area (Å²) in [5, 5.41) is 10.6. The van der Waals surface area contributed by atoms with Gasteiger partial charge >= 0.3 is 0 Å². The second-order valence-electron chi connectivity index (χ2n) is 16.0. The van der Waals surface area contributed by atoms with Crippen LogP contribution in [-0.2, 0) is 27.5 Å². The van der Waals surface area contributed by atoms with Gasteiger partial charge in [0.25, 0.3) is 11.5 Å². The normalized spacial score (nSPS) is 17.1. The standard InChI is InChI=1S/C41H52FN5O4Si/c1-26(2)46-24-32(15-18-36(46)48)31-12-11-29-9-8-10-34(35(29)23-31)38(44-40(50)41(42)19-20-41)39(49)43-33-16-13-30(14-17-33)37-27(3)45-47(28(37)4)25-51-21-22-52(5,6)7/h11-18,23-24,26,34,38H,8-10,19-22,25H2,1-7H3,(H,43,49)(H,44,50)/t34-,38?/m1/s1. The van der Waals surface area contributed by atoms with Gasteiger partial charge in [-0.25, -0.2) is 9.07 Å². The Labute approximate surface area is 307 Å². The Morgan fingerprint density at radius 3 is 2.38 bits per heavy atom. The van der Waals surface area contributed by atoms with Crippen LogP contribution in [0.1, 0.15) is 74.0 Å². The molecule has 11 heteroatoms. The number of alkyl halides is 1. The second kappa shape index (κ2) is 14.9. The van der Waals surface area contributed by atoms with Crippen LogP contribution in [-0.4, -0.2) is 52.6 Å². The molecule has 0 saturated heterocycles. The van der Waals surface area contributed by atoms with Gasteiger partial charge in [-0.15, -0.1) is 0 Å². The molecule has 0 radical (unpaired) electrons. The molecule has 0 spiro atoms. The zero-order valence-corrected chi connectivity index (χ0v) is 32.5. The predicted molar refractivity (Wildman–Crippen MR) is 207 cm³/mol. The van der Waals surface area contributed by atoms with Crippen molar-refractivity contribution in [1.29, 1.82) is 0 Å². The molecule has 2 amide bonds. The van der Waals surface area contributed by atoms with E-state index in [4.69, 9.17) is 9.84 Å². The fourth-order valence-electron chi connectivity index (χ4n) is 7.11. The summed E-state index contributed by atoms with van der Waals surface area (Å²) in [6.45, 7) is 16.1. The molecular weight excluding hydrogens is 674 g/mol. The average molecular weight is 726 g/mol. The number of aromatic nitrogens is 3. The predicted octanol–water partition coefficient (Wildman–Crippen LogP) is 7.93. The Bertz CT molecular complexity index is 2010. The van der Waals surface area contributed by atoms with Crippen LogP contribution in [0, 0.1) is 13.8 Å². The molecule has 4 aromatic rings. The third kappa shape index (κ3) is 8.31. The van der Waals surface area contributed by atoms with Crippen molar-refractivity contribution < 1.29 is 18.7 Å². The number of aryl methyl sites for hydroxylation is 2. The molecule has 6 rings (SSSR count). The maximum absolute atomic E-state index is 15.1. The van der Waals surface area contributed by atoms with Gasteiger partial charge in [0, 0.05) is 55.8 Å². The van der Waals surface area contributed by atoms with Gasteiger partial charge in [0.15, 0.2) is 5.67 Å². The number of hydrogen-bond donors (Lipinski definition) is 2. The first kappa shape index (κ1) is 37.4. The van der Waals surface area contributed by atoms with Crippen LogP contribution in [0.2, 0.25) is 25.7 Å². The highest BCUT2D eigenvalue weighted by Crippen LogP contribution is 2.42. The molecule has 2 N–H and O–H groups in total. The molecule has 276 valence electrons. The monoisotopic (exact) mass is 725 g/mol. The molecule has 2 aromatic carbocycles. The number of pyridine rings is 1. The zero-order chi connectivity index (χ0) is 37.4. The minimum atomic E-state index is -1.93. The van der Waals surface area contributed by atoms with Crippen molar-refractivity contribution in [3.05, 3.63) is 93.7 Å². The summed E-state index contributed by atoms with van der Waals surface area (Å²) in [4.78, 5) is 39.8. The van der Waals surface area contributed by atoms with E-state index in [1.807, 2.05) is 75.0 Å². The minimum absolute atomic E-state index is 0.000419. The Morgan fingerprint density at radius 2 is 1.71 bits per heavy atom. The molecule has 52 heavy (non-hydrogen) atoms. The Balaban J connectivity index is 1.24. The molecule has 2 aliphatic carbocycles. The van der Waals surface area contributed by atoms with E-state index in [1.165, 1.54) is 0 Å². The Kier molecular flexibility index (Phi) is 10.7. The largest absolute Gasteiger partial charge is 0.360 e. The smallest absolute Gasteiger partial charge is 0.258 e. The minimum Gasteiger partial charge on any atom is -0.360 e. The number of ether oxygens (including phenoxy) is 1. The van der Waals surface area contributed by atoms with Crippen LogP contribution in [0.15, 0.2) is 65.6 Å². The highest BCUT2D eigenvalue weighted by molar-refractivity contribution is 6.76. The molecule has 2 atom stereocenters. The molecular formula is C41H52FN5O4Si. The third-order valence-corrected chi connectivity index (χ3v) is 12.1. The van der Waals surface area contributed by atoms with Crippen LogP contribution in [0.3, 0.4) is 0 Å². The van der Waals surface area contributed by atoms with E-state index in [0.29, 0.717) is 25.4 Å². The van der Waals surface area contributed by atoms with E-state index in [1.54, 1.807) is 10.6 Å². The van der Waals surface area contributed by atoms with E-state index in [9.17, 15) is 14.4 Å². The van der Waals surface area contributed by atoms with E-state index < -0.39 is 31.6 Å². The number of rotatable bonds is 13. The van der Waals surface area contributed by atoms with Crippen molar-refractivity contribution >= 4 is 25.6 Å². The fourth-order valence-corrected chi connectivity index (χ4v) is 7.86. The Morgan fingerprint density at radius 1 is 1.02 bits per heavy atom. The molecule has 2 aromatic heterocycles. The third-order valence-electron chi connectivity index (χ3n) is 10.4. The first-order valence-corrected chi connectivity index (χ1v) is 22.2. The van der Waals surface area contributed by atoms with Gasteiger partial charge in [0.1, 0.15) is 12.8 Å². The van der Waals surface area contributed by atoms with Crippen molar-refractivity contribution in [2.24, 2.45) is 0 Å². The summed E-state index contributed by atoms with van der Waals surface area (Å²) in [6, 6.07) is 17.3. The van der Waals surface area contributed by atoms with Crippen LogP contribution in [0.25, 0.3) is 22.3 Å². The molecule has 1 unspecified atom stereocenters. The fraction of sp³-hybridized carbons (Fsp3) is 0.463. The zero-order valence-electron chi connectivity index (χ0n) is 31.5. The van der Waals surface area contributed by atoms with Gasteiger partial charge < -0.3 is 19.9 Å². The first-order chi connectivity index (χ1) is 24.6. The SMILES string of the molecule is Cc1nn(COCC[Si](C)(C)C)c(C)c1-c1ccc(NC(=O)C(NC(=O)C2(F)CC2)[C@@H]2CCCc3ccc(-c4ccc(=O)n(C(C)C)c4)cc32)cc1. The number of hydrogen-bond acceptors (Lipinski definition) is 5. The molecule has 1 saturated carbocycles. The second-order valence-corrected chi connectivity index (χ2v) is 21.7. The topological polar surface area (TPSA) is 107 Å². The summed E-state index contributed by atoms with van der Waals surface area (Å²) < 4.78 is 24.6. The number of nitrogens with one attached hydrogen (secondary N) is 2. The molecule has 2 heterocycles. The first-order valence-electron chi connectivity index (χ1n) is 18.5. The van der Waals surface area contributed by atoms with E-state index >= 15 is 4.39 Å². The highest BCUT2D eigenvalue weighted by Gasteiger charge is 2.52. The summed E-state index contributed by atoms with van der Waals surface area (Å²) in [7, 11) is -1.18. The van der Waals surface area contributed by atoms with Crippen LogP contribution < -0.4 is 16.2 Å². The number of amides is 2. The van der Waals surface area contributed by atoms with Gasteiger partial charge in [-0.1, -0.05) is 50.0 Å². The van der Waals surface area contributed by atoms with Crippen molar-refractivity contribution in [2.75, 3.05) is 11.9 Å². The maximum atomic E-state index is 15.1. The number of benzene rings is 2. The van der Waals surface area contributed by atoms with E-state index in [0.717, 1.165) is 63.7 Å². The molecule has 1 fully saturated rings. The molecule has 9 nitrogen and oxygen atoms in total. The summed E-state index contributed by atoms with van der Waals surface area (Å²) in [5.74, 6) is -1.49. The highest BCUT2D eigenvalue weighted by atomic mass is 28.3. The number of anilines is 1. The van der Waals surface area contributed by atoms with Gasteiger partial charge in [0.05, 0.1) is 5.69 Å². The summed E-state index contributed by atoms with van der Waals surface area (Å²) >= 11 is 0. The van der Waals surface area contributed by atoms with Crippen LogP contribution in [0.5, 0.6) is 0 Å². The van der Waals surface area contributed by atoms with Gasteiger partial charge in [-0.2, -0.15) is 5.10 Å². The maximum Gasteiger partial charge on any atom is 0.258 e. The number of carbonyl (C=O) groups is 2. The van der Waals surface area contributed by atoms with E-state index in [2.05, 4.69) is 42.4 Å². The van der Waals surface area contributed by atoms with Crippen molar-refractivity contribution in [3.8, 4) is 22.3 Å². The summed E-state index contributed by atoms with van der Waals surface area (Å²) in [6.07, 6.45) is 4.51. The number of carbonyl (C=O) groups excluding carboxylic acids is 2. The number of halogens is 1. The van der Waals surface area contributed by atoms with Crippen molar-refractivity contribution in [3.63, 3.8) is 0 Å². The van der Waals surface area contributed by atoms with E-state index in [-0.39, 0.29) is 30.4 Å². The Hall–Kier alpha value is -4.35. The molecule has 2 aliphatic rings.